The Labute approximate surface area is 454 Å². The second-order valence-electron chi connectivity index (χ2n) is 23.3. The van der Waals surface area contributed by atoms with Gasteiger partial charge in [-0.05, 0) is 51.4 Å². The molecule has 0 saturated heterocycles. The van der Waals surface area contributed by atoms with Crippen LogP contribution in [0.2, 0.25) is 0 Å². The van der Waals surface area contributed by atoms with Gasteiger partial charge >= 0.3 is 5.97 Å². The maximum Gasteiger partial charge on any atom is 0.309 e. The number of allylic oxidation sites excluding steroid dienone is 2. The smallest absolute Gasteiger partial charge is 0.309 e. The van der Waals surface area contributed by atoms with Crippen molar-refractivity contribution in [2.75, 3.05) is 19.7 Å². The van der Waals surface area contributed by atoms with Crippen LogP contribution in [0.3, 0.4) is 0 Å². The van der Waals surface area contributed by atoms with Gasteiger partial charge in [0.2, 0.25) is 5.91 Å². The summed E-state index contributed by atoms with van der Waals surface area (Å²) in [5.74, 6) is -0.230. The molecule has 0 aliphatic heterocycles. The third-order valence-electron chi connectivity index (χ3n) is 16.0. The van der Waals surface area contributed by atoms with E-state index in [0.29, 0.717) is 13.0 Å². The van der Waals surface area contributed by atoms with Gasteiger partial charge in [0.05, 0.1) is 12.5 Å². The van der Waals surface area contributed by atoms with Crippen LogP contribution in [0.25, 0.3) is 0 Å². The minimum absolute atomic E-state index is 0.119. The summed E-state index contributed by atoms with van der Waals surface area (Å²) in [7, 11) is 0. The first-order valence-electron chi connectivity index (χ1n) is 33.7. The van der Waals surface area contributed by atoms with E-state index in [-0.39, 0.29) is 17.8 Å². The Kier molecular flexibility index (Phi) is 61.1. The van der Waals surface area contributed by atoms with Crippen LogP contribution >= 0.6 is 0 Å². The van der Waals surface area contributed by atoms with Gasteiger partial charge in [-0.25, -0.2) is 0 Å². The van der Waals surface area contributed by atoms with E-state index < -0.39 is 0 Å². The topological polar surface area (TPSA) is 46.6 Å². The summed E-state index contributed by atoms with van der Waals surface area (Å²) < 4.78 is 5.88. The normalized spacial score (nSPS) is 12.1. The quantitative estimate of drug-likeness (QED) is 0.0346. The van der Waals surface area contributed by atoms with Crippen LogP contribution in [0.1, 0.15) is 387 Å². The Hall–Kier alpha value is -1.32. The molecule has 0 fully saturated rings. The summed E-state index contributed by atoms with van der Waals surface area (Å²) in [5, 5.41) is 0. The zero-order chi connectivity index (χ0) is 52.2. The van der Waals surface area contributed by atoms with Gasteiger partial charge in [-0.2, -0.15) is 0 Å². The predicted octanol–water partition coefficient (Wildman–Crippen LogP) is 23.5. The van der Waals surface area contributed by atoms with Crippen molar-refractivity contribution in [2.45, 2.75) is 387 Å². The number of esters is 1. The Morgan fingerprint density at radius 2 is 0.569 bits per heavy atom. The average Bonchev–Trinajstić information content (AvgIpc) is 3.38. The van der Waals surface area contributed by atoms with E-state index in [1.165, 1.54) is 308 Å². The van der Waals surface area contributed by atoms with Gasteiger partial charge in [0, 0.05) is 19.5 Å². The molecule has 0 heterocycles. The van der Waals surface area contributed by atoms with Crippen molar-refractivity contribution in [3.63, 3.8) is 0 Å². The lowest BCUT2D eigenvalue weighted by molar-refractivity contribution is -0.152. The number of ether oxygens (including phenoxy) is 1. The minimum Gasteiger partial charge on any atom is -0.465 e. The number of hydrogen-bond acceptors (Lipinski definition) is 3. The predicted molar refractivity (Wildman–Crippen MR) is 321 cm³/mol. The summed E-state index contributed by atoms with van der Waals surface area (Å²) in [6.07, 6.45) is 78.3. The lowest BCUT2D eigenvalue weighted by Gasteiger charge is -2.25. The molecule has 1 amide bonds. The molecule has 0 aromatic heterocycles. The molecule has 4 nitrogen and oxygen atoms in total. The van der Waals surface area contributed by atoms with Gasteiger partial charge in [-0.15, -0.1) is 0 Å². The monoisotopic (exact) mass is 1010 g/mol. The molecule has 1 unspecified atom stereocenters. The molecule has 72 heavy (non-hydrogen) atoms. The molecule has 428 valence electrons. The zero-order valence-electron chi connectivity index (χ0n) is 50.1. The zero-order valence-corrected chi connectivity index (χ0v) is 50.1. The van der Waals surface area contributed by atoms with Gasteiger partial charge in [-0.3, -0.25) is 9.59 Å². The summed E-state index contributed by atoms with van der Waals surface area (Å²) in [4.78, 5) is 29.5. The highest BCUT2D eigenvalue weighted by atomic mass is 16.5. The van der Waals surface area contributed by atoms with Gasteiger partial charge in [0.15, 0.2) is 0 Å². The van der Waals surface area contributed by atoms with Gasteiger partial charge in [0.1, 0.15) is 0 Å². The lowest BCUT2D eigenvalue weighted by atomic mass is 9.96. The summed E-state index contributed by atoms with van der Waals surface area (Å²) in [5.41, 5.74) is 0. The molecule has 0 spiro atoms. The SMILES string of the molecule is CCCCCCCCCCCCCCCCCCCCCCCCCCCC/C=C/CCCCCCCCCCC(CC(=O)N(CCCCCCCC)CCCCCCCC)C(=O)OCCCCCCCC. The van der Waals surface area contributed by atoms with Gasteiger partial charge in [0.25, 0.3) is 0 Å². The molecule has 0 rings (SSSR count). The lowest BCUT2D eigenvalue weighted by Crippen LogP contribution is -2.35. The Balaban J connectivity index is 4.04. The molecule has 0 saturated carbocycles. The van der Waals surface area contributed by atoms with E-state index in [1.54, 1.807) is 0 Å². The molecule has 0 bridgehead atoms. The van der Waals surface area contributed by atoms with Crippen molar-refractivity contribution < 1.29 is 14.3 Å². The van der Waals surface area contributed by atoms with Crippen molar-refractivity contribution in [3.8, 4) is 0 Å². The number of nitrogens with zero attached hydrogens (tertiary/aromatic N) is 1. The molecule has 0 aromatic carbocycles. The fourth-order valence-corrected chi connectivity index (χ4v) is 10.9. The van der Waals surface area contributed by atoms with Crippen LogP contribution in [0.5, 0.6) is 0 Å². The van der Waals surface area contributed by atoms with E-state index in [1.807, 2.05) is 0 Å². The molecule has 0 N–H and O–H groups in total. The fourth-order valence-electron chi connectivity index (χ4n) is 10.9. The average molecular weight is 1010 g/mol. The third-order valence-corrected chi connectivity index (χ3v) is 16.0. The van der Waals surface area contributed by atoms with Crippen LogP contribution in [-0.4, -0.2) is 36.5 Å². The number of rotatable bonds is 62. The first-order chi connectivity index (χ1) is 35.6. The van der Waals surface area contributed by atoms with Crippen molar-refractivity contribution in [1.82, 2.24) is 4.90 Å². The molecule has 0 aromatic rings. The second kappa shape index (κ2) is 62.2. The molecule has 0 aliphatic rings. The van der Waals surface area contributed by atoms with Crippen LogP contribution in [-0.2, 0) is 14.3 Å². The molecule has 0 aliphatic carbocycles. The van der Waals surface area contributed by atoms with Gasteiger partial charge < -0.3 is 9.64 Å². The first kappa shape index (κ1) is 70.7. The van der Waals surface area contributed by atoms with E-state index >= 15 is 0 Å². The standard InChI is InChI=1S/C68H133NO3/c1-5-9-13-17-21-22-23-24-25-26-27-28-29-30-31-32-33-34-35-36-37-38-39-40-41-42-43-44-45-46-47-48-49-50-51-52-53-57-61-66(68(71)72-64-60-56-20-16-12-8-4)65-67(70)69(62-58-54-18-14-10-6-2)63-59-55-19-15-11-7-3/h44-45,66H,5-43,46-65H2,1-4H3/b45-44+. The number of unbranched alkanes of at least 4 members (excludes halogenated alkanes) is 49. The number of carbonyl (C=O) groups excluding carboxylic acids is 2. The molecule has 0 radical (unpaired) electrons. The Morgan fingerprint density at radius 1 is 0.319 bits per heavy atom. The van der Waals surface area contributed by atoms with Crippen LogP contribution in [0.4, 0.5) is 0 Å². The van der Waals surface area contributed by atoms with Crippen molar-refractivity contribution in [3.05, 3.63) is 12.2 Å². The second-order valence-corrected chi connectivity index (χ2v) is 23.3. The maximum atomic E-state index is 13.9. The summed E-state index contributed by atoms with van der Waals surface area (Å²) >= 11 is 0. The highest BCUT2D eigenvalue weighted by Gasteiger charge is 2.26. The highest BCUT2D eigenvalue weighted by Crippen LogP contribution is 2.22. The summed E-state index contributed by atoms with van der Waals surface area (Å²) in [6, 6.07) is 0. The largest absolute Gasteiger partial charge is 0.465 e. The van der Waals surface area contributed by atoms with Crippen LogP contribution in [0, 0.1) is 5.92 Å². The summed E-state index contributed by atoms with van der Waals surface area (Å²) in [6.45, 7) is 11.3. The minimum atomic E-state index is -0.296. The van der Waals surface area contributed by atoms with Crippen molar-refractivity contribution >= 4 is 11.9 Å². The molecular formula is C68H133NO3. The Morgan fingerprint density at radius 3 is 0.875 bits per heavy atom. The fraction of sp³-hybridized carbons (Fsp3) is 0.941. The first-order valence-corrected chi connectivity index (χ1v) is 33.7. The highest BCUT2D eigenvalue weighted by molar-refractivity contribution is 5.83. The maximum absolute atomic E-state index is 13.9. The number of hydrogen-bond donors (Lipinski definition) is 0. The van der Waals surface area contributed by atoms with Crippen molar-refractivity contribution in [1.29, 1.82) is 0 Å². The molecule has 4 heteroatoms. The van der Waals surface area contributed by atoms with E-state index in [4.69, 9.17) is 4.74 Å². The van der Waals surface area contributed by atoms with E-state index in [2.05, 4.69) is 44.7 Å². The van der Waals surface area contributed by atoms with Gasteiger partial charge in [-0.1, -0.05) is 342 Å². The van der Waals surface area contributed by atoms with Crippen LogP contribution < -0.4 is 0 Å². The number of amides is 1. The van der Waals surface area contributed by atoms with Crippen LogP contribution in [0.15, 0.2) is 12.2 Å². The third kappa shape index (κ3) is 54.9. The van der Waals surface area contributed by atoms with E-state index in [9.17, 15) is 9.59 Å². The van der Waals surface area contributed by atoms with Crippen molar-refractivity contribution in [2.24, 2.45) is 5.92 Å². The Bertz CT molecular complexity index is 1060. The molecular weight excluding hydrogens is 879 g/mol. The molecule has 1 atom stereocenters. The number of carbonyl (C=O) groups is 2. The van der Waals surface area contributed by atoms with E-state index in [0.717, 1.165) is 58.0 Å².